The van der Waals surface area contributed by atoms with E-state index in [1.807, 2.05) is 6.07 Å². The van der Waals surface area contributed by atoms with Crippen molar-refractivity contribution in [3.8, 4) is 0 Å². The first-order valence-corrected chi connectivity index (χ1v) is 4.61. The minimum absolute atomic E-state index is 0.201. The van der Waals surface area contributed by atoms with Crippen LogP contribution in [0.1, 0.15) is 25.0 Å². The second kappa shape index (κ2) is 4.38. The fourth-order valence-electron chi connectivity index (χ4n) is 1.42. The van der Waals surface area contributed by atoms with E-state index in [2.05, 4.69) is 13.8 Å². The van der Waals surface area contributed by atoms with Gasteiger partial charge < -0.3 is 5.73 Å². The van der Waals surface area contributed by atoms with Crippen LogP contribution in [0.15, 0.2) is 18.2 Å². The predicted molar refractivity (Wildman–Crippen MR) is 52.8 cm³/mol. The number of halogens is 1. The van der Waals surface area contributed by atoms with Crippen LogP contribution in [0.5, 0.6) is 0 Å². The van der Waals surface area contributed by atoms with Crippen LogP contribution in [0.3, 0.4) is 0 Å². The zero-order valence-electron chi connectivity index (χ0n) is 8.18. The van der Waals surface area contributed by atoms with Crippen LogP contribution in [0.25, 0.3) is 0 Å². The minimum atomic E-state index is -0.201. The van der Waals surface area contributed by atoms with Crippen molar-refractivity contribution in [1.29, 1.82) is 0 Å². The molecule has 2 N–H and O–H groups in total. The van der Waals surface area contributed by atoms with Gasteiger partial charge in [0.1, 0.15) is 5.82 Å². The molecule has 1 nitrogen and oxygen atoms in total. The van der Waals surface area contributed by atoms with Gasteiger partial charge in [0.05, 0.1) is 0 Å². The van der Waals surface area contributed by atoms with Gasteiger partial charge in [0, 0.05) is 6.54 Å². The molecule has 0 amide bonds. The number of hydrogen-bond donors (Lipinski definition) is 1. The highest BCUT2D eigenvalue weighted by molar-refractivity contribution is 5.28. The smallest absolute Gasteiger partial charge is 0.123 e. The van der Waals surface area contributed by atoms with Gasteiger partial charge in [-0.05, 0) is 35.6 Å². The summed E-state index contributed by atoms with van der Waals surface area (Å²) in [6.07, 6.45) is 0.965. The predicted octanol–water partition coefficient (Wildman–Crippen LogP) is 2.48. The van der Waals surface area contributed by atoms with Crippen LogP contribution in [-0.2, 0) is 13.0 Å². The maximum absolute atomic E-state index is 12.8. The summed E-state index contributed by atoms with van der Waals surface area (Å²) in [6, 6.07) is 4.85. The molecule has 0 aliphatic heterocycles. The van der Waals surface area contributed by atoms with Gasteiger partial charge in [-0.25, -0.2) is 4.39 Å². The number of nitrogens with two attached hydrogens (primary N) is 1. The molecule has 72 valence electrons. The van der Waals surface area contributed by atoms with Crippen molar-refractivity contribution in [2.45, 2.75) is 26.8 Å². The molecular formula is C11H16FN. The Hall–Kier alpha value is -0.890. The molecule has 0 atom stereocenters. The van der Waals surface area contributed by atoms with Gasteiger partial charge in [-0.15, -0.1) is 0 Å². The van der Waals surface area contributed by atoms with E-state index in [0.717, 1.165) is 12.0 Å². The lowest BCUT2D eigenvalue weighted by molar-refractivity contribution is 0.615. The summed E-state index contributed by atoms with van der Waals surface area (Å²) in [4.78, 5) is 0. The van der Waals surface area contributed by atoms with Crippen LogP contribution in [0.4, 0.5) is 4.39 Å². The highest BCUT2D eigenvalue weighted by Gasteiger charge is 2.04. The second-order valence-corrected chi connectivity index (χ2v) is 3.72. The Morgan fingerprint density at radius 1 is 1.31 bits per heavy atom. The Bertz CT molecular complexity index is 281. The molecule has 0 aliphatic rings. The van der Waals surface area contributed by atoms with E-state index in [-0.39, 0.29) is 5.82 Å². The van der Waals surface area contributed by atoms with Crippen LogP contribution >= 0.6 is 0 Å². The van der Waals surface area contributed by atoms with Crippen molar-refractivity contribution in [3.63, 3.8) is 0 Å². The Morgan fingerprint density at radius 3 is 2.54 bits per heavy atom. The molecule has 0 spiro atoms. The molecule has 0 heterocycles. The second-order valence-electron chi connectivity index (χ2n) is 3.72. The third-order valence-corrected chi connectivity index (χ3v) is 2.02. The molecule has 1 aromatic rings. The first-order valence-electron chi connectivity index (χ1n) is 4.61. The minimum Gasteiger partial charge on any atom is -0.326 e. The third kappa shape index (κ3) is 2.81. The lowest BCUT2D eigenvalue weighted by atomic mass is 9.98. The number of benzene rings is 1. The van der Waals surface area contributed by atoms with E-state index < -0.39 is 0 Å². The molecule has 1 aromatic carbocycles. The van der Waals surface area contributed by atoms with E-state index in [1.165, 1.54) is 17.7 Å². The highest BCUT2D eigenvalue weighted by atomic mass is 19.1. The first kappa shape index (κ1) is 10.2. The summed E-state index contributed by atoms with van der Waals surface area (Å²) in [5.41, 5.74) is 7.62. The SMILES string of the molecule is CC(C)Cc1ccc(F)cc1CN. The molecule has 0 saturated heterocycles. The van der Waals surface area contributed by atoms with Gasteiger partial charge in [-0.2, -0.15) is 0 Å². The normalized spacial score (nSPS) is 10.8. The molecular weight excluding hydrogens is 165 g/mol. The standard InChI is InChI=1S/C11H16FN/c1-8(2)5-9-3-4-11(12)6-10(9)7-13/h3-4,6,8H,5,7,13H2,1-2H3. The van der Waals surface area contributed by atoms with Gasteiger partial charge in [0.2, 0.25) is 0 Å². The van der Waals surface area contributed by atoms with Crippen LogP contribution in [0.2, 0.25) is 0 Å². The van der Waals surface area contributed by atoms with Gasteiger partial charge in [-0.1, -0.05) is 19.9 Å². The first-order chi connectivity index (χ1) is 6.13. The van der Waals surface area contributed by atoms with Crippen molar-refractivity contribution in [2.24, 2.45) is 11.7 Å². The van der Waals surface area contributed by atoms with E-state index in [0.29, 0.717) is 12.5 Å². The van der Waals surface area contributed by atoms with E-state index >= 15 is 0 Å². The van der Waals surface area contributed by atoms with Crippen LogP contribution < -0.4 is 5.73 Å². The molecule has 1 rings (SSSR count). The molecule has 0 fully saturated rings. The van der Waals surface area contributed by atoms with Crippen LogP contribution in [0, 0.1) is 11.7 Å². The lowest BCUT2D eigenvalue weighted by Crippen LogP contribution is -2.04. The molecule has 2 heteroatoms. The monoisotopic (exact) mass is 181 g/mol. The molecule has 0 radical (unpaired) electrons. The average Bonchev–Trinajstić information content (AvgIpc) is 2.07. The molecule has 0 saturated carbocycles. The maximum Gasteiger partial charge on any atom is 0.123 e. The Balaban J connectivity index is 2.92. The fourth-order valence-corrected chi connectivity index (χ4v) is 1.42. The van der Waals surface area contributed by atoms with E-state index in [4.69, 9.17) is 5.73 Å². The Kier molecular flexibility index (Phi) is 3.43. The molecule has 0 aromatic heterocycles. The Labute approximate surface area is 78.8 Å². The van der Waals surface area contributed by atoms with Gasteiger partial charge >= 0.3 is 0 Å². The molecule has 0 unspecified atom stereocenters. The van der Waals surface area contributed by atoms with Crippen molar-refractivity contribution >= 4 is 0 Å². The summed E-state index contributed by atoms with van der Waals surface area (Å²) >= 11 is 0. The average molecular weight is 181 g/mol. The summed E-state index contributed by atoms with van der Waals surface area (Å²) in [6.45, 7) is 4.70. The van der Waals surface area contributed by atoms with Crippen molar-refractivity contribution in [3.05, 3.63) is 35.1 Å². The fraction of sp³-hybridized carbons (Fsp3) is 0.455. The summed E-state index contributed by atoms with van der Waals surface area (Å²) in [7, 11) is 0. The molecule has 0 aliphatic carbocycles. The maximum atomic E-state index is 12.8. The summed E-state index contributed by atoms with van der Waals surface area (Å²) in [5, 5.41) is 0. The third-order valence-electron chi connectivity index (χ3n) is 2.02. The summed E-state index contributed by atoms with van der Waals surface area (Å²) in [5.74, 6) is 0.378. The summed E-state index contributed by atoms with van der Waals surface area (Å²) < 4.78 is 12.8. The van der Waals surface area contributed by atoms with E-state index in [9.17, 15) is 4.39 Å². The quantitative estimate of drug-likeness (QED) is 0.761. The molecule has 13 heavy (non-hydrogen) atoms. The topological polar surface area (TPSA) is 26.0 Å². The number of rotatable bonds is 3. The highest BCUT2D eigenvalue weighted by Crippen LogP contribution is 2.14. The van der Waals surface area contributed by atoms with Crippen LogP contribution in [-0.4, -0.2) is 0 Å². The van der Waals surface area contributed by atoms with E-state index in [1.54, 1.807) is 0 Å². The Morgan fingerprint density at radius 2 is 2.00 bits per heavy atom. The van der Waals surface area contributed by atoms with Crippen molar-refractivity contribution in [2.75, 3.05) is 0 Å². The van der Waals surface area contributed by atoms with Gasteiger partial charge in [0.15, 0.2) is 0 Å². The van der Waals surface area contributed by atoms with Gasteiger partial charge in [0.25, 0.3) is 0 Å². The number of hydrogen-bond acceptors (Lipinski definition) is 1. The zero-order chi connectivity index (χ0) is 9.84. The van der Waals surface area contributed by atoms with Crippen molar-refractivity contribution < 1.29 is 4.39 Å². The lowest BCUT2D eigenvalue weighted by Gasteiger charge is -2.09. The molecule has 0 bridgehead atoms. The van der Waals surface area contributed by atoms with Crippen molar-refractivity contribution in [1.82, 2.24) is 0 Å². The largest absolute Gasteiger partial charge is 0.326 e. The zero-order valence-corrected chi connectivity index (χ0v) is 8.18. The van der Waals surface area contributed by atoms with Gasteiger partial charge in [-0.3, -0.25) is 0 Å².